The van der Waals surface area contributed by atoms with E-state index in [1.807, 2.05) is 30.3 Å². The molecule has 1 amide bonds. The van der Waals surface area contributed by atoms with Crippen LogP contribution in [-0.4, -0.2) is 46.5 Å². The van der Waals surface area contributed by atoms with Crippen molar-refractivity contribution in [2.75, 3.05) is 13.7 Å². The quantitative estimate of drug-likeness (QED) is 0.454. The standard InChI is InChI=1S/C24H20N4O5/c1-31-16-10-8-15(9-11-16)19-13-20(21-7-4-12-32-21)28(27-19)22(29)14-33-24(30)23-17-5-2-3-6-18(17)25-26-23/h2-12,20H,13-14H2,1H3,(H,25,26)/t20-/m0/s1. The summed E-state index contributed by atoms with van der Waals surface area (Å²) in [6, 6.07) is 17.7. The first-order valence-electron chi connectivity index (χ1n) is 10.3. The number of hydrazone groups is 1. The summed E-state index contributed by atoms with van der Waals surface area (Å²) in [6.07, 6.45) is 2.01. The molecule has 33 heavy (non-hydrogen) atoms. The van der Waals surface area contributed by atoms with Crippen molar-refractivity contribution in [2.45, 2.75) is 12.5 Å². The number of rotatable bonds is 6. The first-order chi connectivity index (χ1) is 16.1. The normalized spacial score (nSPS) is 15.5. The van der Waals surface area contributed by atoms with Crippen LogP contribution in [0.1, 0.15) is 34.3 Å². The van der Waals surface area contributed by atoms with Crippen LogP contribution >= 0.6 is 0 Å². The van der Waals surface area contributed by atoms with E-state index in [1.165, 1.54) is 5.01 Å². The van der Waals surface area contributed by atoms with Crippen LogP contribution < -0.4 is 4.74 Å². The zero-order valence-electron chi connectivity index (χ0n) is 17.7. The molecule has 5 rings (SSSR count). The zero-order valence-corrected chi connectivity index (χ0v) is 17.7. The highest BCUT2D eigenvalue weighted by molar-refractivity contribution is 6.04. The first-order valence-corrected chi connectivity index (χ1v) is 10.3. The summed E-state index contributed by atoms with van der Waals surface area (Å²) in [7, 11) is 1.60. The van der Waals surface area contributed by atoms with E-state index in [0.717, 1.165) is 17.0 Å². The lowest BCUT2D eigenvalue weighted by atomic mass is 10.0. The highest BCUT2D eigenvalue weighted by atomic mass is 16.5. The number of fused-ring (bicyclic) bond motifs is 1. The minimum atomic E-state index is -0.686. The molecule has 0 unspecified atom stereocenters. The number of esters is 1. The molecule has 2 aromatic heterocycles. The molecule has 0 radical (unpaired) electrons. The average molecular weight is 444 g/mol. The second-order valence-corrected chi connectivity index (χ2v) is 7.44. The number of nitrogens with zero attached hydrogens (tertiary/aromatic N) is 3. The van der Waals surface area contributed by atoms with Gasteiger partial charge in [-0.1, -0.05) is 18.2 Å². The second-order valence-electron chi connectivity index (χ2n) is 7.44. The summed E-state index contributed by atoms with van der Waals surface area (Å²) in [5.74, 6) is 0.174. The maximum absolute atomic E-state index is 13.0. The van der Waals surface area contributed by atoms with Gasteiger partial charge in [-0.2, -0.15) is 10.2 Å². The summed E-state index contributed by atoms with van der Waals surface area (Å²) in [6.45, 7) is -0.476. The molecule has 1 atom stereocenters. The number of furan rings is 1. The lowest BCUT2D eigenvalue weighted by molar-refractivity contribution is -0.136. The highest BCUT2D eigenvalue weighted by Gasteiger charge is 2.35. The third kappa shape index (κ3) is 3.96. The van der Waals surface area contributed by atoms with Gasteiger partial charge in [-0.3, -0.25) is 9.89 Å². The number of hydrogen-bond donors (Lipinski definition) is 1. The number of aromatic nitrogens is 2. The van der Waals surface area contributed by atoms with E-state index in [1.54, 1.807) is 43.7 Å². The van der Waals surface area contributed by atoms with E-state index < -0.39 is 24.5 Å². The minimum absolute atomic E-state index is 0.129. The molecule has 0 fully saturated rings. The monoisotopic (exact) mass is 444 g/mol. The van der Waals surface area contributed by atoms with Gasteiger partial charge in [0.1, 0.15) is 17.6 Å². The lowest BCUT2D eigenvalue weighted by Gasteiger charge is -2.19. The molecule has 166 valence electrons. The number of hydrogen-bond acceptors (Lipinski definition) is 7. The Labute approximate surface area is 188 Å². The SMILES string of the molecule is COc1ccc(C2=NN(C(=O)COC(=O)c3n[nH]c4ccccc34)[C@H](c3ccco3)C2)cc1. The topological polar surface area (TPSA) is 110 Å². The Morgan fingerprint density at radius 2 is 1.94 bits per heavy atom. The van der Waals surface area contributed by atoms with Crippen molar-refractivity contribution in [3.05, 3.63) is 83.9 Å². The summed E-state index contributed by atoms with van der Waals surface area (Å²) in [5, 5.41) is 13.3. The van der Waals surface area contributed by atoms with Gasteiger partial charge in [-0.15, -0.1) is 0 Å². The van der Waals surface area contributed by atoms with E-state index in [2.05, 4.69) is 15.3 Å². The molecule has 9 nitrogen and oxygen atoms in total. The number of aromatic amines is 1. The lowest BCUT2D eigenvalue weighted by Crippen LogP contribution is -2.31. The Morgan fingerprint density at radius 1 is 1.12 bits per heavy atom. The fourth-order valence-electron chi connectivity index (χ4n) is 3.78. The van der Waals surface area contributed by atoms with Crippen LogP contribution in [0.3, 0.4) is 0 Å². The predicted octanol–water partition coefficient (Wildman–Crippen LogP) is 3.70. The molecule has 9 heteroatoms. The van der Waals surface area contributed by atoms with Crippen molar-refractivity contribution in [3.8, 4) is 5.75 Å². The van der Waals surface area contributed by atoms with E-state index in [4.69, 9.17) is 13.9 Å². The van der Waals surface area contributed by atoms with Crippen molar-refractivity contribution in [1.29, 1.82) is 0 Å². The van der Waals surface area contributed by atoms with Gasteiger partial charge in [0.05, 0.1) is 24.6 Å². The van der Waals surface area contributed by atoms with Crippen LogP contribution in [0, 0.1) is 0 Å². The molecule has 0 aliphatic carbocycles. The minimum Gasteiger partial charge on any atom is -0.497 e. The van der Waals surface area contributed by atoms with E-state index >= 15 is 0 Å². The van der Waals surface area contributed by atoms with E-state index in [0.29, 0.717) is 23.1 Å². The third-order valence-electron chi connectivity index (χ3n) is 5.45. The Morgan fingerprint density at radius 3 is 2.70 bits per heavy atom. The van der Waals surface area contributed by atoms with Crippen molar-refractivity contribution in [1.82, 2.24) is 15.2 Å². The number of ether oxygens (including phenoxy) is 2. The van der Waals surface area contributed by atoms with Crippen LogP contribution in [-0.2, 0) is 9.53 Å². The van der Waals surface area contributed by atoms with Crippen LogP contribution in [0.2, 0.25) is 0 Å². The Hall–Kier alpha value is -4.40. The number of carbonyl (C=O) groups excluding carboxylic acids is 2. The molecule has 0 saturated heterocycles. The van der Waals surface area contributed by atoms with E-state index in [9.17, 15) is 9.59 Å². The number of para-hydroxylation sites is 1. The Balaban J connectivity index is 1.34. The van der Waals surface area contributed by atoms with Crippen molar-refractivity contribution in [2.24, 2.45) is 5.10 Å². The van der Waals surface area contributed by atoms with Crippen molar-refractivity contribution in [3.63, 3.8) is 0 Å². The predicted molar refractivity (Wildman–Crippen MR) is 119 cm³/mol. The first kappa shape index (κ1) is 20.5. The van der Waals surface area contributed by atoms with Gasteiger partial charge >= 0.3 is 5.97 Å². The summed E-state index contributed by atoms with van der Waals surface area (Å²) in [4.78, 5) is 25.6. The van der Waals surface area contributed by atoms with Gasteiger partial charge in [-0.05, 0) is 48.0 Å². The van der Waals surface area contributed by atoms with Gasteiger partial charge in [0.25, 0.3) is 5.91 Å². The molecule has 1 aliphatic rings. The summed E-state index contributed by atoms with van der Waals surface area (Å²) >= 11 is 0. The largest absolute Gasteiger partial charge is 0.497 e. The summed E-state index contributed by atoms with van der Waals surface area (Å²) < 4.78 is 16.0. The number of H-pyrrole nitrogens is 1. The molecule has 3 heterocycles. The average Bonchev–Trinajstić information content (AvgIpc) is 3.61. The van der Waals surface area contributed by atoms with Crippen LogP contribution in [0.15, 0.2) is 76.4 Å². The smallest absolute Gasteiger partial charge is 0.359 e. The number of amides is 1. The molecule has 0 spiro atoms. The number of benzene rings is 2. The fourth-order valence-corrected chi connectivity index (χ4v) is 3.78. The number of nitrogens with one attached hydrogen (secondary N) is 1. The highest BCUT2D eigenvalue weighted by Crippen LogP contribution is 2.33. The van der Waals surface area contributed by atoms with Gasteiger partial charge < -0.3 is 13.9 Å². The molecule has 2 aromatic carbocycles. The van der Waals surface area contributed by atoms with E-state index in [-0.39, 0.29) is 5.69 Å². The maximum atomic E-state index is 13.0. The number of methoxy groups -OCH3 is 1. The second kappa shape index (κ2) is 8.62. The van der Waals surface area contributed by atoms with Gasteiger partial charge in [-0.25, -0.2) is 9.80 Å². The summed E-state index contributed by atoms with van der Waals surface area (Å²) in [5.41, 5.74) is 2.42. The molecule has 1 N–H and O–H groups in total. The van der Waals surface area contributed by atoms with Crippen molar-refractivity contribution >= 4 is 28.5 Å². The zero-order chi connectivity index (χ0) is 22.8. The Kier molecular flexibility index (Phi) is 5.35. The molecule has 0 bridgehead atoms. The Bertz CT molecular complexity index is 1320. The molecule has 1 aliphatic heterocycles. The fraction of sp³-hybridized carbons (Fsp3) is 0.167. The van der Waals surface area contributed by atoms with Gasteiger partial charge in [0.2, 0.25) is 0 Å². The molecular formula is C24H20N4O5. The van der Waals surface area contributed by atoms with Gasteiger partial charge in [0.15, 0.2) is 12.3 Å². The molecular weight excluding hydrogens is 424 g/mol. The maximum Gasteiger partial charge on any atom is 0.359 e. The molecule has 4 aromatic rings. The van der Waals surface area contributed by atoms with Crippen LogP contribution in [0.4, 0.5) is 0 Å². The molecule has 0 saturated carbocycles. The van der Waals surface area contributed by atoms with Crippen molar-refractivity contribution < 1.29 is 23.5 Å². The third-order valence-corrected chi connectivity index (χ3v) is 5.45. The van der Waals surface area contributed by atoms with Crippen LogP contribution in [0.25, 0.3) is 10.9 Å². The van der Waals surface area contributed by atoms with Crippen LogP contribution in [0.5, 0.6) is 5.75 Å². The number of carbonyl (C=O) groups is 2. The van der Waals surface area contributed by atoms with Gasteiger partial charge in [0, 0.05) is 11.8 Å².